The first kappa shape index (κ1) is 18.9. The molecule has 2 atom stereocenters. The summed E-state index contributed by atoms with van der Waals surface area (Å²) in [6.07, 6.45) is 4.08. The summed E-state index contributed by atoms with van der Waals surface area (Å²) in [5.74, 6) is 1.66. The fourth-order valence-electron chi connectivity index (χ4n) is 3.08. The van der Waals surface area contributed by atoms with Gasteiger partial charge in [-0.05, 0) is 31.5 Å². The Hall–Kier alpha value is -1.91. The number of hydrogen-bond acceptors (Lipinski definition) is 9. The smallest absolute Gasteiger partial charge is 0.256 e. The second kappa shape index (κ2) is 9.15. The molecule has 1 saturated heterocycles. The molecule has 0 amide bonds. The molecule has 1 aromatic heterocycles. The molecule has 0 saturated carbocycles. The summed E-state index contributed by atoms with van der Waals surface area (Å²) < 4.78 is 16.5. The fraction of sp³-hybridized carbons (Fsp3) is 0.688. The Balaban J connectivity index is 1.60. The minimum atomic E-state index is -0.104. The molecule has 3 N–H and O–H groups in total. The van der Waals surface area contributed by atoms with Crippen LogP contribution >= 0.6 is 12.2 Å². The van der Waals surface area contributed by atoms with Gasteiger partial charge in [-0.25, -0.2) is 9.97 Å². The predicted octanol–water partition coefficient (Wildman–Crippen LogP) is 1.14. The molecule has 1 aromatic rings. The van der Waals surface area contributed by atoms with Gasteiger partial charge >= 0.3 is 0 Å². The van der Waals surface area contributed by atoms with E-state index < -0.39 is 0 Å². The zero-order valence-electron chi connectivity index (χ0n) is 15.2. The monoisotopic (exact) mass is 382 g/mol. The number of hydrogen-bond donors (Lipinski definition) is 3. The highest BCUT2D eigenvalue weighted by molar-refractivity contribution is 7.80. The highest BCUT2D eigenvalue weighted by Gasteiger charge is 2.30. The quantitative estimate of drug-likeness (QED) is 0.449. The van der Waals surface area contributed by atoms with Gasteiger partial charge in [-0.2, -0.15) is 0 Å². The van der Waals surface area contributed by atoms with Crippen molar-refractivity contribution in [1.29, 1.82) is 0 Å². The molecule has 1 unspecified atom stereocenters. The molecule has 1 fully saturated rings. The SMILES string of the molecule is CNC(=S)OCCCC(OC)N1CNc2c(N[C@@H]3CCOC3)ncnc21. The number of thiocarbonyl (C=S) groups is 1. The van der Waals surface area contributed by atoms with E-state index in [2.05, 4.69) is 30.8 Å². The number of nitrogens with zero attached hydrogens (tertiary/aromatic N) is 3. The number of ether oxygens (including phenoxy) is 3. The van der Waals surface area contributed by atoms with Gasteiger partial charge in [0.05, 0.1) is 25.9 Å². The van der Waals surface area contributed by atoms with Gasteiger partial charge in [-0.1, -0.05) is 0 Å². The van der Waals surface area contributed by atoms with Crippen LogP contribution in [0.3, 0.4) is 0 Å². The first-order valence-corrected chi connectivity index (χ1v) is 9.21. The molecule has 3 heterocycles. The summed E-state index contributed by atoms with van der Waals surface area (Å²) in [5, 5.41) is 10.0. The molecule has 0 radical (unpaired) electrons. The van der Waals surface area contributed by atoms with Crippen molar-refractivity contribution in [3.8, 4) is 0 Å². The van der Waals surface area contributed by atoms with Gasteiger partial charge in [0.25, 0.3) is 5.17 Å². The highest BCUT2D eigenvalue weighted by Crippen LogP contribution is 2.36. The lowest BCUT2D eigenvalue weighted by Gasteiger charge is -2.27. The second-order valence-electron chi connectivity index (χ2n) is 6.15. The third-order valence-corrected chi connectivity index (χ3v) is 4.77. The Bertz CT molecular complexity index is 614. The fourth-order valence-corrected chi connectivity index (χ4v) is 3.16. The molecule has 26 heavy (non-hydrogen) atoms. The van der Waals surface area contributed by atoms with Crippen molar-refractivity contribution in [2.24, 2.45) is 0 Å². The van der Waals surface area contributed by atoms with Crippen molar-refractivity contribution in [3.05, 3.63) is 6.33 Å². The number of rotatable bonds is 8. The van der Waals surface area contributed by atoms with E-state index in [1.807, 2.05) is 0 Å². The number of anilines is 3. The van der Waals surface area contributed by atoms with Crippen LogP contribution in [0.4, 0.5) is 17.3 Å². The predicted molar refractivity (Wildman–Crippen MR) is 103 cm³/mol. The van der Waals surface area contributed by atoms with Gasteiger partial charge in [0.2, 0.25) is 0 Å². The Morgan fingerprint density at radius 2 is 2.42 bits per heavy atom. The molecule has 144 valence electrons. The van der Waals surface area contributed by atoms with Crippen LogP contribution in [0.2, 0.25) is 0 Å². The van der Waals surface area contributed by atoms with Crippen LogP contribution in [-0.4, -0.2) is 68.1 Å². The third kappa shape index (κ3) is 4.43. The Kier molecular flexibility index (Phi) is 6.64. The Labute approximate surface area is 158 Å². The first-order chi connectivity index (χ1) is 12.7. The summed E-state index contributed by atoms with van der Waals surface area (Å²) in [6, 6.07) is 0.288. The van der Waals surface area contributed by atoms with Crippen molar-refractivity contribution in [2.45, 2.75) is 31.5 Å². The molecule has 3 rings (SSSR count). The number of methoxy groups -OCH3 is 1. The molecule has 0 aliphatic carbocycles. The van der Waals surface area contributed by atoms with E-state index in [9.17, 15) is 0 Å². The molecule has 9 nitrogen and oxygen atoms in total. The lowest BCUT2D eigenvalue weighted by molar-refractivity contribution is 0.0868. The van der Waals surface area contributed by atoms with Crippen molar-refractivity contribution in [1.82, 2.24) is 15.3 Å². The molecule has 0 bridgehead atoms. The first-order valence-electron chi connectivity index (χ1n) is 8.80. The van der Waals surface area contributed by atoms with E-state index in [-0.39, 0.29) is 12.3 Å². The standard InChI is InChI=1S/C16H26N6O3S/c1-17-16(26)25-6-3-4-12(23-2)22-10-20-13-14(18-9-19-15(13)22)21-11-5-7-24-8-11/h9,11-12,20H,3-8,10H2,1-2H3,(H,17,26)(H,18,19,21)/t11-,12?/m1/s1. The van der Waals surface area contributed by atoms with Crippen molar-refractivity contribution in [3.63, 3.8) is 0 Å². The van der Waals surface area contributed by atoms with Gasteiger partial charge in [0, 0.05) is 20.8 Å². The molecule has 2 aliphatic heterocycles. The minimum Gasteiger partial charge on any atom is -0.471 e. The summed E-state index contributed by atoms with van der Waals surface area (Å²) in [6.45, 7) is 2.66. The minimum absolute atomic E-state index is 0.104. The van der Waals surface area contributed by atoms with Crippen molar-refractivity contribution < 1.29 is 14.2 Å². The van der Waals surface area contributed by atoms with Crippen LogP contribution in [0.15, 0.2) is 6.33 Å². The number of aromatic nitrogens is 2. The summed E-state index contributed by atoms with van der Waals surface area (Å²) in [4.78, 5) is 10.9. The summed E-state index contributed by atoms with van der Waals surface area (Å²) >= 11 is 4.98. The van der Waals surface area contributed by atoms with Gasteiger partial charge in [0.1, 0.15) is 18.2 Å². The maximum atomic E-state index is 5.68. The summed E-state index contributed by atoms with van der Waals surface area (Å²) in [5.41, 5.74) is 0.911. The molecular weight excluding hydrogens is 356 g/mol. The van der Waals surface area contributed by atoms with E-state index in [4.69, 9.17) is 26.4 Å². The van der Waals surface area contributed by atoms with Crippen molar-refractivity contribution in [2.75, 3.05) is 56.2 Å². The van der Waals surface area contributed by atoms with Gasteiger partial charge in [0.15, 0.2) is 11.6 Å². The van der Waals surface area contributed by atoms with Crippen LogP contribution in [0, 0.1) is 0 Å². The normalized spacial score (nSPS) is 19.6. The van der Waals surface area contributed by atoms with Crippen LogP contribution in [-0.2, 0) is 14.2 Å². The van der Waals surface area contributed by atoms with E-state index in [1.54, 1.807) is 20.5 Å². The maximum absolute atomic E-state index is 5.68. The van der Waals surface area contributed by atoms with E-state index >= 15 is 0 Å². The average Bonchev–Trinajstić information content (AvgIpc) is 3.32. The number of fused-ring (bicyclic) bond motifs is 1. The van der Waals surface area contributed by atoms with Crippen LogP contribution in [0.1, 0.15) is 19.3 Å². The van der Waals surface area contributed by atoms with Gasteiger partial charge < -0.3 is 35.1 Å². The van der Waals surface area contributed by atoms with E-state index in [1.165, 1.54) is 0 Å². The maximum Gasteiger partial charge on any atom is 0.256 e. The second-order valence-corrected chi connectivity index (χ2v) is 6.52. The van der Waals surface area contributed by atoms with Crippen molar-refractivity contribution >= 4 is 34.7 Å². The number of nitrogens with one attached hydrogen (secondary N) is 3. The lowest BCUT2D eigenvalue weighted by Crippen LogP contribution is -2.37. The highest BCUT2D eigenvalue weighted by atomic mass is 32.1. The topological polar surface area (TPSA) is 92.8 Å². The van der Waals surface area contributed by atoms with Crippen LogP contribution in [0.25, 0.3) is 0 Å². The summed E-state index contributed by atoms with van der Waals surface area (Å²) in [7, 11) is 3.45. The Morgan fingerprint density at radius 3 is 3.15 bits per heavy atom. The molecule has 10 heteroatoms. The third-order valence-electron chi connectivity index (χ3n) is 4.45. The molecule has 0 spiro atoms. The lowest BCUT2D eigenvalue weighted by atomic mass is 10.2. The van der Waals surface area contributed by atoms with Crippen LogP contribution in [0.5, 0.6) is 0 Å². The zero-order chi connectivity index (χ0) is 18.4. The average molecular weight is 382 g/mol. The molecule has 2 aliphatic rings. The molecular formula is C16H26N6O3S. The molecule has 0 aromatic carbocycles. The largest absolute Gasteiger partial charge is 0.471 e. The zero-order valence-corrected chi connectivity index (χ0v) is 16.0. The van der Waals surface area contributed by atoms with E-state index in [0.717, 1.165) is 43.2 Å². The van der Waals surface area contributed by atoms with E-state index in [0.29, 0.717) is 25.1 Å². The van der Waals surface area contributed by atoms with Gasteiger partial charge in [-0.15, -0.1) is 0 Å². The Morgan fingerprint density at radius 1 is 1.54 bits per heavy atom. The van der Waals surface area contributed by atoms with Gasteiger partial charge in [-0.3, -0.25) is 0 Å². The van der Waals surface area contributed by atoms with Crippen LogP contribution < -0.4 is 20.9 Å².